The Balaban J connectivity index is 1.74. The van der Waals surface area contributed by atoms with Gasteiger partial charge in [0.2, 0.25) is 5.91 Å². The predicted octanol–water partition coefficient (Wildman–Crippen LogP) is 2.55. The van der Waals surface area contributed by atoms with Gasteiger partial charge in [-0.15, -0.1) is 0 Å². The van der Waals surface area contributed by atoms with Crippen LogP contribution in [-0.2, 0) is 27.5 Å². The van der Waals surface area contributed by atoms with E-state index in [1.54, 1.807) is 11.8 Å². The van der Waals surface area contributed by atoms with Gasteiger partial charge >= 0.3 is 12.2 Å². The van der Waals surface area contributed by atoms with E-state index in [9.17, 15) is 19.5 Å². The molecule has 0 saturated heterocycles. The van der Waals surface area contributed by atoms with Gasteiger partial charge in [-0.25, -0.2) is 9.59 Å². The summed E-state index contributed by atoms with van der Waals surface area (Å²) in [5.74, 6) is -0.514. The van der Waals surface area contributed by atoms with Crippen molar-refractivity contribution in [3.63, 3.8) is 0 Å². The molecule has 1 unspecified atom stereocenters. The molecule has 0 spiro atoms. The standard InChI is InChI=1S/C27H38N4O6/c1-21(28)24(32)25(33)29-15-8-9-17-31(27(35)37-20-23-13-6-3-7-14-23)18-10-16-30-26(34)36-19-22-11-4-2-5-12-22/h2-7,11-14,21,24,32H,8-10,15-20,28H2,1H3,(H,29,33)(H,30,34)/t21?,24-/m0/s1. The maximum absolute atomic E-state index is 12.7. The Morgan fingerprint density at radius 1 is 0.838 bits per heavy atom. The third-order valence-corrected chi connectivity index (χ3v) is 5.47. The molecular formula is C27H38N4O6. The fraction of sp³-hybridized carbons (Fsp3) is 0.444. The van der Waals surface area contributed by atoms with Gasteiger partial charge in [0.15, 0.2) is 0 Å². The van der Waals surface area contributed by atoms with Crippen LogP contribution >= 0.6 is 0 Å². The van der Waals surface area contributed by atoms with Crippen molar-refractivity contribution in [2.24, 2.45) is 5.73 Å². The Morgan fingerprint density at radius 2 is 1.38 bits per heavy atom. The number of alkyl carbamates (subject to hydrolysis) is 1. The molecular weight excluding hydrogens is 476 g/mol. The predicted molar refractivity (Wildman–Crippen MR) is 139 cm³/mol. The van der Waals surface area contributed by atoms with Crippen LogP contribution < -0.4 is 16.4 Å². The molecule has 5 N–H and O–H groups in total. The largest absolute Gasteiger partial charge is 0.445 e. The maximum atomic E-state index is 12.7. The first kappa shape index (κ1) is 29.6. The molecule has 0 aliphatic heterocycles. The number of carbonyl (C=O) groups excluding carboxylic acids is 3. The molecule has 0 fully saturated rings. The summed E-state index contributed by atoms with van der Waals surface area (Å²) in [6.07, 6.45) is -0.501. The Hall–Kier alpha value is -3.63. The molecule has 0 aliphatic rings. The molecule has 0 saturated carbocycles. The van der Waals surface area contributed by atoms with Crippen LogP contribution in [0.25, 0.3) is 0 Å². The van der Waals surface area contributed by atoms with Crippen molar-refractivity contribution in [1.29, 1.82) is 0 Å². The van der Waals surface area contributed by atoms with Crippen LogP contribution in [0.1, 0.15) is 37.3 Å². The molecule has 0 heterocycles. The van der Waals surface area contributed by atoms with Crippen LogP contribution in [0.15, 0.2) is 60.7 Å². The molecule has 0 bridgehead atoms. The minimum Gasteiger partial charge on any atom is -0.445 e. The smallest absolute Gasteiger partial charge is 0.410 e. The van der Waals surface area contributed by atoms with Gasteiger partial charge in [0, 0.05) is 32.2 Å². The monoisotopic (exact) mass is 514 g/mol. The summed E-state index contributed by atoms with van der Waals surface area (Å²) in [5, 5.41) is 15.0. The van der Waals surface area contributed by atoms with E-state index in [0.29, 0.717) is 45.4 Å². The number of nitrogens with one attached hydrogen (secondary N) is 2. The van der Waals surface area contributed by atoms with Crippen LogP contribution in [0.4, 0.5) is 9.59 Å². The molecule has 2 rings (SSSR count). The van der Waals surface area contributed by atoms with Crippen LogP contribution in [-0.4, -0.2) is 66.4 Å². The van der Waals surface area contributed by atoms with E-state index < -0.39 is 30.2 Å². The number of carbonyl (C=O) groups is 3. The lowest BCUT2D eigenvalue weighted by atomic mass is 10.2. The second-order valence-electron chi connectivity index (χ2n) is 8.67. The minimum absolute atomic E-state index is 0.158. The maximum Gasteiger partial charge on any atom is 0.410 e. The number of benzene rings is 2. The van der Waals surface area contributed by atoms with Crippen LogP contribution in [0, 0.1) is 0 Å². The van der Waals surface area contributed by atoms with Gasteiger partial charge in [0.25, 0.3) is 0 Å². The van der Waals surface area contributed by atoms with Crippen molar-refractivity contribution >= 4 is 18.1 Å². The van der Waals surface area contributed by atoms with E-state index in [0.717, 1.165) is 11.1 Å². The molecule has 10 heteroatoms. The van der Waals surface area contributed by atoms with E-state index in [2.05, 4.69) is 10.6 Å². The zero-order valence-electron chi connectivity index (χ0n) is 21.3. The third kappa shape index (κ3) is 12.2. The minimum atomic E-state index is -1.25. The molecule has 2 atom stereocenters. The molecule has 202 valence electrons. The summed E-state index contributed by atoms with van der Waals surface area (Å²) in [5.41, 5.74) is 7.31. The van der Waals surface area contributed by atoms with Gasteiger partial charge < -0.3 is 35.8 Å². The first-order valence-electron chi connectivity index (χ1n) is 12.5. The number of amides is 3. The number of aliphatic hydroxyl groups is 1. The average Bonchev–Trinajstić information content (AvgIpc) is 2.92. The zero-order valence-corrected chi connectivity index (χ0v) is 21.3. The van der Waals surface area contributed by atoms with Gasteiger partial charge in [0.1, 0.15) is 19.3 Å². The summed E-state index contributed by atoms with van der Waals surface area (Å²) in [6.45, 7) is 3.38. The van der Waals surface area contributed by atoms with Crippen molar-refractivity contribution in [3.05, 3.63) is 71.8 Å². The second-order valence-corrected chi connectivity index (χ2v) is 8.67. The lowest BCUT2D eigenvalue weighted by Crippen LogP contribution is -2.45. The first-order valence-corrected chi connectivity index (χ1v) is 12.5. The molecule has 2 aromatic rings. The van der Waals surface area contributed by atoms with E-state index in [1.807, 2.05) is 60.7 Å². The topological polar surface area (TPSA) is 143 Å². The van der Waals surface area contributed by atoms with Crippen LogP contribution in [0.3, 0.4) is 0 Å². The number of unbranched alkanes of at least 4 members (excludes halogenated alkanes) is 1. The highest BCUT2D eigenvalue weighted by molar-refractivity contribution is 5.81. The van der Waals surface area contributed by atoms with E-state index in [4.69, 9.17) is 15.2 Å². The van der Waals surface area contributed by atoms with E-state index >= 15 is 0 Å². The Bertz CT molecular complexity index is 942. The molecule has 10 nitrogen and oxygen atoms in total. The Labute approximate surface area is 218 Å². The number of aliphatic hydroxyl groups excluding tert-OH is 1. The van der Waals surface area contributed by atoms with E-state index in [-0.39, 0.29) is 13.2 Å². The molecule has 0 aliphatic carbocycles. The van der Waals surface area contributed by atoms with Crippen molar-refractivity contribution in [1.82, 2.24) is 15.5 Å². The van der Waals surface area contributed by atoms with Gasteiger partial charge in [0.05, 0.1) is 0 Å². The Morgan fingerprint density at radius 3 is 1.97 bits per heavy atom. The Kier molecular flexibility index (Phi) is 13.5. The zero-order chi connectivity index (χ0) is 26.9. The molecule has 3 amide bonds. The number of nitrogens with zero attached hydrogens (tertiary/aromatic N) is 1. The fourth-order valence-corrected chi connectivity index (χ4v) is 3.32. The summed E-state index contributed by atoms with van der Waals surface area (Å²) in [4.78, 5) is 38.0. The van der Waals surface area contributed by atoms with Crippen LogP contribution in [0.2, 0.25) is 0 Å². The summed E-state index contributed by atoms with van der Waals surface area (Å²) < 4.78 is 10.7. The van der Waals surface area contributed by atoms with E-state index in [1.165, 1.54) is 0 Å². The van der Waals surface area contributed by atoms with Crippen molar-refractivity contribution in [2.75, 3.05) is 26.2 Å². The van der Waals surface area contributed by atoms with Gasteiger partial charge in [-0.1, -0.05) is 60.7 Å². The fourth-order valence-electron chi connectivity index (χ4n) is 3.32. The molecule has 0 radical (unpaired) electrons. The van der Waals surface area contributed by atoms with Crippen LogP contribution in [0.5, 0.6) is 0 Å². The molecule has 0 aromatic heterocycles. The summed E-state index contributed by atoms with van der Waals surface area (Å²) >= 11 is 0. The lowest BCUT2D eigenvalue weighted by Gasteiger charge is -2.22. The summed E-state index contributed by atoms with van der Waals surface area (Å²) in [7, 11) is 0. The average molecular weight is 515 g/mol. The van der Waals surface area contributed by atoms with Crippen molar-refractivity contribution in [3.8, 4) is 0 Å². The number of hydrogen-bond donors (Lipinski definition) is 4. The first-order chi connectivity index (χ1) is 17.9. The summed E-state index contributed by atoms with van der Waals surface area (Å²) in [6, 6.07) is 18.1. The SMILES string of the molecule is CC(N)[C@H](O)C(=O)NCCCCN(CCCNC(=O)OCc1ccccc1)C(=O)OCc1ccccc1. The quantitative estimate of drug-likeness (QED) is 0.268. The second kappa shape index (κ2) is 16.9. The lowest BCUT2D eigenvalue weighted by molar-refractivity contribution is -0.130. The number of ether oxygens (including phenoxy) is 2. The number of hydrogen-bond acceptors (Lipinski definition) is 7. The van der Waals surface area contributed by atoms with Gasteiger partial charge in [-0.2, -0.15) is 0 Å². The van der Waals surface area contributed by atoms with Gasteiger partial charge in [-0.05, 0) is 37.3 Å². The molecule has 37 heavy (non-hydrogen) atoms. The number of rotatable bonds is 15. The third-order valence-electron chi connectivity index (χ3n) is 5.47. The van der Waals surface area contributed by atoms with Crippen molar-refractivity contribution in [2.45, 2.75) is 51.5 Å². The highest BCUT2D eigenvalue weighted by atomic mass is 16.6. The normalized spacial score (nSPS) is 12.2. The van der Waals surface area contributed by atoms with Gasteiger partial charge in [-0.3, -0.25) is 4.79 Å². The van der Waals surface area contributed by atoms with Crippen molar-refractivity contribution < 1.29 is 29.0 Å². The highest BCUT2D eigenvalue weighted by Crippen LogP contribution is 2.06. The number of nitrogens with two attached hydrogens (primary N) is 1. The molecule has 2 aromatic carbocycles. The highest BCUT2D eigenvalue weighted by Gasteiger charge is 2.19.